The van der Waals surface area contributed by atoms with Gasteiger partial charge in [0.25, 0.3) is 0 Å². The number of nitrogens with one attached hydrogen (secondary N) is 1. The Morgan fingerprint density at radius 3 is 2.48 bits per heavy atom. The van der Waals surface area contributed by atoms with Gasteiger partial charge in [-0.15, -0.1) is 0 Å². The fourth-order valence-electron chi connectivity index (χ4n) is 2.93. The van der Waals surface area contributed by atoms with E-state index in [1.54, 1.807) is 18.1 Å². The Labute approximate surface area is 161 Å². The van der Waals surface area contributed by atoms with Crippen LogP contribution in [0.25, 0.3) is 6.08 Å². The molecule has 1 fully saturated rings. The fraction of sp³-hybridized carbons (Fsp3) is 0.524. The molecule has 1 aliphatic rings. The van der Waals surface area contributed by atoms with Crippen LogP contribution in [0.1, 0.15) is 44.7 Å². The van der Waals surface area contributed by atoms with Crippen LogP contribution in [0, 0.1) is 6.92 Å². The van der Waals surface area contributed by atoms with Crippen molar-refractivity contribution in [2.24, 2.45) is 0 Å². The van der Waals surface area contributed by atoms with Gasteiger partial charge in [-0.05, 0) is 58.7 Å². The zero-order valence-corrected chi connectivity index (χ0v) is 16.9. The number of benzene rings is 1. The lowest BCUT2D eigenvalue weighted by atomic mass is 10.1. The summed E-state index contributed by atoms with van der Waals surface area (Å²) >= 11 is 0. The van der Waals surface area contributed by atoms with Crippen LogP contribution in [0.2, 0.25) is 0 Å². The van der Waals surface area contributed by atoms with E-state index in [2.05, 4.69) is 5.32 Å². The average molecular weight is 374 g/mol. The highest BCUT2D eigenvalue weighted by Crippen LogP contribution is 2.21. The largest absolute Gasteiger partial charge is 0.496 e. The van der Waals surface area contributed by atoms with Crippen LogP contribution in [0.4, 0.5) is 4.79 Å². The summed E-state index contributed by atoms with van der Waals surface area (Å²) in [5.41, 5.74) is 1.47. The molecule has 0 radical (unpaired) electrons. The number of hydrogen-bond acceptors (Lipinski definition) is 4. The third kappa shape index (κ3) is 6.62. The first-order valence-corrected chi connectivity index (χ1v) is 9.29. The minimum atomic E-state index is -0.496. The molecule has 0 saturated carbocycles. The number of aryl methyl sites for hydroxylation is 1. The molecule has 1 saturated heterocycles. The highest BCUT2D eigenvalue weighted by Gasteiger charge is 2.27. The lowest BCUT2D eigenvalue weighted by Crippen LogP contribution is -2.47. The summed E-state index contributed by atoms with van der Waals surface area (Å²) < 4.78 is 10.7. The Bertz CT molecular complexity index is 699. The van der Waals surface area contributed by atoms with Gasteiger partial charge >= 0.3 is 6.09 Å². The molecular weight excluding hydrogens is 344 g/mol. The summed E-state index contributed by atoms with van der Waals surface area (Å²) in [4.78, 5) is 26.0. The molecular formula is C21H30N2O4. The summed E-state index contributed by atoms with van der Waals surface area (Å²) in [5.74, 6) is 0.588. The monoisotopic (exact) mass is 374 g/mol. The van der Waals surface area contributed by atoms with Gasteiger partial charge in [0.15, 0.2) is 0 Å². The van der Waals surface area contributed by atoms with Gasteiger partial charge in [-0.2, -0.15) is 0 Å². The van der Waals surface area contributed by atoms with Crippen LogP contribution >= 0.6 is 0 Å². The summed E-state index contributed by atoms with van der Waals surface area (Å²) in [7, 11) is 1.61. The molecule has 1 heterocycles. The smallest absolute Gasteiger partial charge is 0.410 e. The third-order valence-electron chi connectivity index (χ3n) is 4.29. The van der Waals surface area contributed by atoms with Crippen LogP contribution in [-0.4, -0.2) is 48.7 Å². The first-order valence-electron chi connectivity index (χ1n) is 9.29. The first-order chi connectivity index (χ1) is 12.7. The number of rotatable bonds is 4. The number of hydrogen-bond donors (Lipinski definition) is 1. The Morgan fingerprint density at radius 2 is 1.89 bits per heavy atom. The van der Waals surface area contributed by atoms with Gasteiger partial charge in [0, 0.05) is 30.8 Å². The fourth-order valence-corrected chi connectivity index (χ4v) is 2.93. The number of amides is 2. The number of methoxy groups -OCH3 is 1. The topological polar surface area (TPSA) is 67.9 Å². The number of nitrogens with zero attached hydrogens (tertiary/aromatic N) is 1. The van der Waals surface area contributed by atoms with Gasteiger partial charge in [-0.3, -0.25) is 4.79 Å². The van der Waals surface area contributed by atoms with Crippen LogP contribution in [0.5, 0.6) is 5.75 Å². The van der Waals surface area contributed by atoms with Gasteiger partial charge in [-0.25, -0.2) is 4.79 Å². The predicted octanol–water partition coefficient (Wildman–Crippen LogP) is 3.53. The standard InChI is InChI=1S/C21H30N2O4/c1-15-6-8-18(26-5)16(14-15)7-9-19(24)22-17-10-12-23(13-11-17)20(25)27-21(2,3)4/h6-9,14,17H,10-13H2,1-5H3,(H,22,24)/b9-7+. The second-order valence-electron chi connectivity index (χ2n) is 7.83. The molecule has 0 atom stereocenters. The van der Waals surface area contributed by atoms with E-state index in [-0.39, 0.29) is 18.0 Å². The third-order valence-corrected chi connectivity index (χ3v) is 4.29. The average Bonchev–Trinajstić information content (AvgIpc) is 2.59. The molecule has 0 unspecified atom stereocenters. The molecule has 1 aromatic rings. The highest BCUT2D eigenvalue weighted by molar-refractivity contribution is 5.92. The molecule has 0 bridgehead atoms. The Morgan fingerprint density at radius 1 is 1.22 bits per heavy atom. The highest BCUT2D eigenvalue weighted by atomic mass is 16.6. The second kappa shape index (κ2) is 8.93. The number of carbonyl (C=O) groups is 2. The molecule has 0 aromatic heterocycles. The van der Waals surface area contributed by atoms with Crippen molar-refractivity contribution in [3.8, 4) is 5.75 Å². The van der Waals surface area contributed by atoms with Crippen molar-refractivity contribution >= 4 is 18.1 Å². The van der Waals surface area contributed by atoms with E-state index in [9.17, 15) is 9.59 Å². The van der Waals surface area contributed by atoms with Gasteiger partial charge < -0.3 is 19.7 Å². The van der Waals surface area contributed by atoms with E-state index in [0.717, 1.165) is 16.9 Å². The van der Waals surface area contributed by atoms with E-state index in [4.69, 9.17) is 9.47 Å². The van der Waals surface area contributed by atoms with Crippen LogP contribution < -0.4 is 10.1 Å². The molecule has 27 heavy (non-hydrogen) atoms. The van der Waals surface area contributed by atoms with Gasteiger partial charge in [0.1, 0.15) is 11.4 Å². The van der Waals surface area contributed by atoms with Crippen LogP contribution in [0.3, 0.4) is 0 Å². The number of piperidine rings is 1. The minimum Gasteiger partial charge on any atom is -0.496 e. The molecule has 6 nitrogen and oxygen atoms in total. The van der Waals surface area contributed by atoms with Crippen molar-refractivity contribution in [3.05, 3.63) is 35.4 Å². The van der Waals surface area contributed by atoms with E-state index in [0.29, 0.717) is 25.9 Å². The molecule has 2 rings (SSSR count). The van der Waals surface area contributed by atoms with Gasteiger partial charge in [0.2, 0.25) is 5.91 Å². The normalized spacial score (nSPS) is 15.7. The number of likely N-dealkylation sites (tertiary alicyclic amines) is 1. The van der Waals surface area contributed by atoms with E-state index < -0.39 is 5.60 Å². The predicted molar refractivity (Wildman–Crippen MR) is 106 cm³/mol. The van der Waals surface area contributed by atoms with Gasteiger partial charge in [0.05, 0.1) is 7.11 Å². The van der Waals surface area contributed by atoms with Crippen molar-refractivity contribution in [2.75, 3.05) is 20.2 Å². The van der Waals surface area contributed by atoms with Crippen LogP contribution in [-0.2, 0) is 9.53 Å². The van der Waals surface area contributed by atoms with Crippen molar-refractivity contribution in [2.45, 2.75) is 52.2 Å². The molecule has 0 aliphatic carbocycles. The zero-order valence-electron chi connectivity index (χ0n) is 16.9. The minimum absolute atomic E-state index is 0.0558. The summed E-state index contributed by atoms with van der Waals surface area (Å²) in [6, 6.07) is 5.89. The molecule has 1 N–H and O–H groups in total. The zero-order chi connectivity index (χ0) is 20.0. The maximum atomic E-state index is 12.2. The number of ether oxygens (including phenoxy) is 2. The Kier molecular flexibility index (Phi) is 6.88. The lowest BCUT2D eigenvalue weighted by molar-refractivity contribution is -0.117. The number of carbonyl (C=O) groups excluding carboxylic acids is 2. The van der Waals surface area contributed by atoms with E-state index in [1.807, 2.05) is 45.9 Å². The first kappa shape index (κ1) is 20.8. The molecule has 0 spiro atoms. The summed E-state index contributed by atoms with van der Waals surface area (Å²) in [5, 5.41) is 3.00. The molecule has 1 aliphatic heterocycles. The molecule has 6 heteroatoms. The van der Waals surface area contributed by atoms with Crippen molar-refractivity contribution in [1.82, 2.24) is 10.2 Å². The second-order valence-corrected chi connectivity index (χ2v) is 7.83. The van der Waals surface area contributed by atoms with E-state index >= 15 is 0 Å². The van der Waals surface area contributed by atoms with Crippen molar-refractivity contribution < 1.29 is 19.1 Å². The van der Waals surface area contributed by atoms with Crippen molar-refractivity contribution in [3.63, 3.8) is 0 Å². The van der Waals surface area contributed by atoms with Crippen LogP contribution in [0.15, 0.2) is 24.3 Å². The Balaban J connectivity index is 1.84. The maximum Gasteiger partial charge on any atom is 0.410 e. The lowest BCUT2D eigenvalue weighted by Gasteiger charge is -2.33. The van der Waals surface area contributed by atoms with E-state index in [1.165, 1.54) is 6.08 Å². The van der Waals surface area contributed by atoms with Crippen molar-refractivity contribution in [1.29, 1.82) is 0 Å². The Hall–Kier alpha value is -2.50. The summed E-state index contributed by atoms with van der Waals surface area (Å²) in [6.45, 7) is 8.72. The van der Waals surface area contributed by atoms with Gasteiger partial charge in [-0.1, -0.05) is 11.6 Å². The maximum absolute atomic E-state index is 12.2. The quantitative estimate of drug-likeness (QED) is 0.819. The molecule has 2 amide bonds. The summed E-state index contributed by atoms with van der Waals surface area (Å²) in [6.07, 6.45) is 4.42. The molecule has 1 aromatic carbocycles. The molecule has 148 valence electrons. The SMILES string of the molecule is COc1ccc(C)cc1/C=C/C(=O)NC1CCN(C(=O)OC(C)(C)C)CC1.